The van der Waals surface area contributed by atoms with Crippen molar-refractivity contribution >= 4 is 23.4 Å². The highest BCUT2D eigenvalue weighted by molar-refractivity contribution is 6.30. The van der Waals surface area contributed by atoms with E-state index in [0.717, 1.165) is 16.8 Å². The molecule has 1 aromatic carbocycles. The number of carbonyl (C=O) groups excluding carboxylic acids is 2. The number of hydrogen-bond donors (Lipinski definition) is 3. The number of pyridine rings is 1. The second kappa shape index (κ2) is 7.20. The average molecular weight is 455 g/mol. The monoisotopic (exact) mass is 454 g/mol. The van der Waals surface area contributed by atoms with Gasteiger partial charge in [-0.3, -0.25) is 19.4 Å². The van der Waals surface area contributed by atoms with Crippen LogP contribution in [0.3, 0.4) is 0 Å². The Hall–Kier alpha value is -3.18. The summed E-state index contributed by atoms with van der Waals surface area (Å²) in [4.78, 5) is 39.5. The number of amides is 2. The number of benzene rings is 1. The lowest BCUT2D eigenvalue weighted by Crippen LogP contribution is -2.57. The summed E-state index contributed by atoms with van der Waals surface area (Å²) in [6.45, 7) is 0.977. The summed E-state index contributed by atoms with van der Waals surface area (Å²) in [6, 6.07) is 1.95. The molecule has 2 aromatic rings. The summed E-state index contributed by atoms with van der Waals surface area (Å²) in [6.07, 6.45) is -1.86. The van der Waals surface area contributed by atoms with Crippen molar-refractivity contribution in [3.8, 4) is 5.75 Å². The maximum atomic E-state index is 14.1. The normalized spacial score (nSPS) is 19.6. The van der Waals surface area contributed by atoms with Gasteiger partial charge in [0.2, 0.25) is 5.43 Å². The van der Waals surface area contributed by atoms with E-state index in [0.29, 0.717) is 0 Å². The van der Waals surface area contributed by atoms with Gasteiger partial charge in [0.1, 0.15) is 29.5 Å². The lowest BCUT2D eigenvalue weighted by molar-refractivity contribution is 0.0655. The zero-order valence-electron chi connectivity index (χ0n) is 16.3. The highest BCUT2D eigenvalue weighted by Crippen LogP contribution is 2.34. The van der Waals surface area contributed by atoms with Crippen molar-refractivity contribution in [3.05, 3.63) is 61.5 Å². The first-order valence-electron chi connectivity index (χ1n) is 9.20. The average Bonchev–Trinajstić information content (AvgIpc) is 3.06. The van der Waals surface area contributed by atoms with Crippen LogP contribution in [-0.2, 0) is 6.54 Å². The van der Waals surface area contributed by atoms with Crippen LogP contribution in [0.25, 0.3) is 0 Å². The molecule has 31 heavy (non-hydrogen) atoms. The quantitative estimate of drug-likeness (QED) is 0.592. The number of nitrogens with zero attached hydrogens (tertiary/aromatic N) is 3. The van der Waals surface area contributed by atoms with Crippen molar-refractivity contribution < 1.29 is 28.6 Å². The number of aromatic nitrogens is 1. The molecule has 2 amide bonds. The molecule has 2 unspecified atom stereocenters. The molecule has 3 heterocycles. The Morgan fingerprint density at radius 2 is 2.00 bits per heavy atom. The smallest absolute Gasteiger partial charge is 0.277 e. The van der Waals surface area contributed by atoms with Crippen LogP contribution in [0.4, 0.5) is 8.78 Å². The summed E-state index contributed by atoms with van der Waals surface area (Å²) in [5, 5.41) is 24.3. The van der Waals surface area contributed by atoms with Gasteiger partial charge in [0.25, 0.3) is 11.8 Å². The molecule has 0 radical (unpaired) electrons. The van der Waals surface area contributed by atoms with Gasteiger partial charge in [0.05, 0.1) is 17.3 Å². The van der Waals surface area contributed by atoms with Gasteiger partial charge in [-0.2, -0.15) is 0 Å². The zero-order valence-corrected chi connectivity index (χ0v) is 17.1. The van der Waals surface area contributed by atoms with E-state index in [1.54, 1.807) is 6.92 Å². The molecular formula is C19H17ClF2N4O5. The molecule has 0 spiro atoms. The van der Waals surface area contributed by atoms with E-state index in [1.165, 1.54) is 17.0 Å². The van der Waals surface area contributed by atoms with E-state index >= 15 is 0 Å². The minimum absolute atomic E-state index is 0.0491. The molecule has 0 bridgehead atoms. The molecule has 3 N–H and O–H groups in total. The van der Waals surface area contributed by atoms with Crippen LogP contribution in [0.1, 0.15) is 45.1 Å². The first-order chi connectivity index (χ1) is 14.6. The summed E-state index contributed by atoms with van der Waals surface area (Å²) in [7, 11) is 1.47. The molecule has 164 valence electrons. The fraction of sp³-hybridized carbons (Fsp3) is 0.316. The molecule has 9 nitrogen and oxygen atoms in total. The van der Waals surface area contributed by atoms with Gasteiger partial charge in [-0.05, 0) is 19.1 Å². The van der Waals surface area contributed by atoms with E-state index in [2.05, 4.69) is 5.32 Å². The Kier molecular flexibility index (Phi) is 4.90. The molecule has 0 saturated carbocycles. The summed E-state index contributed by atoms with van der Waals surface area (Å²) < 4.78 is 29.2. The number of halogens is 3. The lowest BCUT2D eigenvalue weighted by atomic mass is 10.1. The van der Waals surface area contributed by atoms with Crippen LogP contribution in [-0.4, -0.2) is 51.4 Å². The number of aliphatic hydroxyl groups excluding tert-OH is 1. The predicted molar refractivity (Wildman–Crippen MR) is 105 cm³/mol. The molecule has 2 aliphatic heterocycles. The Bertz CT molecular complexity index is 1200. The van der Waals surface area contributed by atoms with Crippen molar-refractivity contribution in [2.45, 2.75) is 25.7 Å². The molecule has 4 rings (SSSR count). The third kappa shape index (κ3) is 2.95. The minimum atomic E-state index is -1.32. The SMILES string of the molecule is CC1N(C)C(=O)c2c(O)c(=O)c(C(=O)NCc3c(F)ccc(Cl)c3F)c3n2N1CC3O. The molecule has 1 aromatic heterocycles. The second-order valence-electron chi connectivity index (χ2n) is 7.29. The molecule has 0 saturated heterocycles. The minimum Gasteiger partial charge on any atom is -0.502 e. The number of rotatable bonds is 3. The van der Waals surface area contributed by atoms with Crippen LogP contribution in [0.2, 0.25) is 5.02 Å². The predicted octanol–water partition coefficient (Wildman–Crippen LogP) is 0.832. The van der Waals surface area contributed by atoms with Gasteiger partial charge in [0, 0.05) is 19.2 Å². The lowest BCUT2D eigenvalue weighted by Gasteiger charge is -2.41. The fourth-order valence-electron chi connectivity index (χ4n) is 3.84. The zero-order chi connectivity index (χ0) is 22.8. The van der Waals surface area contributed by atoms with Crippen molar-refractivity contribution in [1.82, 2.24) is 14.9 Å². The van der Waals surface area contributed by atoms with Crippen molar-refractivity contribution in [1.29, 1.82) is 0 Å². The van der Waals surface area contributed by atoms with E-state index in [-0.39, 0.29) is 23.0 Å². The molecular weight excluding hydrogens is 438 g/mol. The van der Waals surface area contributed by atoms with E-state index in [4.69, 9.17) is 11.6 Å². The summed E-state index contributed by atoms with van der Waals surface area (Å²) in [5.74, 6) is -4.72. The first kappa shape index (κ1) is 21.1. The molecule has 12 heteroatoms. The van der Waals surface area contributed by atoms with E-state index in [9.17, 15) is 33.4 Å². The molecule has 0 aliphatic carbocycles. The topological polar surface area (TPSA) is 115 Å². The Balaban J connectivity index is 1.79. The van der Waals surface area contributed by atoms with Gasteiger partial charge < -0.3 is 20.4 Å². The molecule has 0 fully saturated rings. The van der Waals surface area contributed by atoms with E-state index in [1.807, 2.05) is 0 Å². The standard InChI is InChI=1S/C19H17ClF2N4O5/c1-7-24(2)19(31)15-17(29)16(28)12(14-11(27)6-25(7)26(14)15)18(30)23-5-8-10(21)4-3-9(20)13(8)22/h3-4,7,11,27,29H,5-6H2,1-2H3,(H,23,30). The van der Waals surface area contributed by atoms with Crippen molar-refractivity contribution in [2.24, 2.45) is 0 Å². The molecule has 2 atom stereocenters. The Labute approximate surface area is 179 Å². The number of aliphatic hydroxyl groups is 1. The van der Waals surface area contributed by atoms with Gasteiger partial charge in [0.15, 0.2) is 11.4 Å². The maximum absolute atomic E-state index is 14.1. The number of nitrogens with one attached hydrogen (secondary N) is 1. The van der Waals surface area contributed by atoms with Gasteiger partial charge in [-0.15, -0.1) is 0 Å². The van der Waals surface area contributed by atoms with Crippen LogP contribution < -0.4 is 15.8 Å². The third-order valence-corrected chi connectivity index (χ3v) is 5.89. The van der Waals surface area contributed by atoms with Gasteiger partial charge in [-0.1, -0.05) is 11.6 Å². The van der Waals surface area contributed by atoms with Crippen LogP contribution in [0.5, 0.6) is 5.75 Å². The van der Waals surface area contributed by atoms with Crippen LogP contribution in [0.15, 0.2) is 16.9 Å². The van der Waals surface area contributed by atoms with Crippen molar-refractivity contribution in [2.75, 3.05) is 18.6 Å². The second-order valence-corrected chi connectivity index (χ2v) is 7.70. The fourth-order valence-corrected chi connectivity index (χ4v) is 4.02. The highest BCUT2D eigenvalue weighted by atomic mass is 35.5. The summed E-state index contributed by atoms with van der Waals surface area (Å²) in [5.41, 5.74) is -2.88. The van der Waals surface area contributed by atoms with Gasteiger partial charge >= 0.3 is 0 Å². The Morgan fingerprint density at radius 1 is 1.32 bits per heavy atom. The van der Waals surface area contributed by atoms with Gasteiger partial charge in [-0.25, -0.2) is 13.5 Å². The van der Waals surface area contributed by atoms with E-state index < -0.39 is 64.6 Å². The Morgan fingerprint density at radius 3 is 2.68 bits per heavy atom. The number of hydrogen-bond acceptors (Lipinski definition) is 6. The third-order valence-electron chi connectivity index (χ3n) is 5.60. The maximum Gasteiger partial charge on any atom is 0.277 e. The first-order valence-corrected chi connectivity index (χ1v) is 9.58. The van der Waals surface area contributed by atoms with Crippen molar-refractivity contribution in [3.63, 3.8) is 0 Å². The largest absolute Gasteiger partial charge is 0.502 e. The highest BCUT2D eigenvalue weighted by Gasteiger charge is 2.45. The number of carbonyl (C=O) groups is 2. The summed E-state index contributed by atoms with van der Waals surface area (Å²) >= 11 is 5.64. The molecule has 2 aliphatic rings. The number of aromatic hydroxyl groups is 1. The van der Waals surface area contributed by atoms with Crippen LogP contribution >= 0.6 is 11.6 Å². The van der Waals surface area contributed by atoms with Crippen LogP contribution in [0, 0.1) is 11.6 Å².